The lowest BCUT2D eigenvalue weighted by atomic mass is 10.3. The summed E-state index contributed by atoms with van der Waals surface area (Å²) in [4.78, 5) is 24.1. The second kappa shape index (κ2) is 6.55. The van der Waals surface area contributed by atoms with Crippen LogP contribution in [-0.4, -0.2) is 36.7 Å². The first kappa shape index (κ1) is 15.3. The van der Waals surface area contributed by atoms with Crippen LogP contribution in [0, 0.1) is 6.92 Å². The highest BCUT2D eigenvalue weighted by atomic mass is 32.1. The third kappa shape index (κ3) is 3.71. The van der Waals surface area contributed by atoms with Gasteiger partial charge in [0, 0.05) is 7.11 Å². The third-order valence-corrected chi connectivity index (χ3v) is 3.92. The lowest BCUT2D eigenvalue weighted by Gasteiger charge is -2.10. The Kier molecular flexibility index (Phi) is 4.77. The molecule has 0 saturated carbocycles. The minimum absolute atomic E-state index is 0.0856. The summed E-state index contributed by atoms with van der Waals surface area (Å²) in [7, 11) is 1.29. The van der Waals surface area contributed by atoms with E-state index in [0.717, 1.165) is 10.6 Å². The predicted octanol–water partition coefficient (Wildman–Crippen LogP) is 2.15. The smallest absolute Gasteiger partial charge is 0.334 e. The number of thiophene rings is 1. The van der Waals surface area contributed by atoms with Crippen LogP contribution in [0.1, 0.15) is 15.4 Å². The van der Waals surface area contributed by atoms with E-state index in [1.807, 2.05) is 19.1 Å². The quantitative estimate of drug-likeness (QED) is 0.853. The van der Waals surface area contributed by atoms with Gasteiger partial charge in [0.2, 0.25) is 0 Å². The zero-order valence-electron chi connectivity index (χ0n) is 11.6. The molecule has 0 radical (unpaired) electrons. The van der Waals surface area contributed by atoms with Crippen LogP contribution in [0.2, 0.25) is 0 Å². The van der Waals surface area contributed by atoms with Crippen molar-refractivity contribution in [2.75, 3.05) is 13.7 Å². The first-order valence-corrected chi connectivity index (χ1v) is 7.03. The van der Waals surface area contributed by atoms with Gasteiger partial charge in [-0.1, -0.05) is 0 Å². The van der Waals surface area contributed by atoms with Gasteiger partial charge in [0.25, 0.3) is 5.91 Å². The zero-order chi connectivity index (χ0) is 15.4. The van der Waals surface area contributed by atoms with E-state index in [1.54, 1.807) is 12.1 Å². The van der Waals surface area contributed by atoms with Gasteiger partial charge in [-0.05, 0) is 31.2 Å². The first-order chi connectivity index (χ1) is 10.0. The Hall–Kier alpha value is -2.12. The number of nitrogens with one attached hydrogen (secondary N) is 1. The Bertz CT molecular complexity index is 645. The number of rotatable bonds is 6. The van der Waals surface area contributed by atoms with E-state index in [0.29, 0.717) is 10.6 Å². The second-order valence-corrected chi connectivity index (χ2v) is 5.43. The molecule has 2 aromatic rings. The van der Waals surface area contributed by atoms with Crippen LogP contribution in [0.5, 0.6) is 0 Å². The summed E-state index contributed by atoms with van der Waals surface area (Å²) >= 11 is 1.28. The summed E-state index contributed by atoms with van der Waals surface area (Å²) in [6.07, 6.45) is -1.05. The van der Waals surface area contributed by atoms with E-state index in [-0.39, 0.29) is 12.5 Å². The molecule has 2 N–H and O–H groups in total. The largest absolute Gasteiger partial charge is 0.479 e. The van der Waals surface area contributed by atoms with Gasteiger partial charge in [0.05, 0.1) is 16.3 Å². The van der Waals surface area contributed by atoms with Gasteiger partial charge in [-0.2, -0.15) is 0 Å². The van der Waals surface area contributed by atoms with Gasteiger partial charge >= 0.3 is 5.97 Å². The second-order valence-electron chi connectivity index (χ2n) is 4.35. The SMILES string of the molecule is COC(CNC(=O)c1ccc(-c2ccc(C)o2)s1)C(=O)O. The van der Waals surface area contributed by atoms with Gasteiger partial charge < -0.3 is 19.6 Å². The fourth-order valence-electron chi connectivity index (χ4n) is 1.70. The molecular formula is C14H15NO5S. The molecule has 0 fully saturated rings. The van der Waals surface area contributed by atoms with E-state index < -0.39 is 12.1 Å². The Morgan fingerprint density at radius 1 is 1.38 bits per heavy atom. The van der Waals surface area contributed by atoms with Crippen LogP contribution < -0.4 is 5.32 Å². The van der Waals surface area contributed by atoms with Crippen molar-refractivity contribution in [2.45, 2.75) is 13.0 Å². The maximum Gasteiger partial charge on any atom is 0.334 e. The molecule has 0 aromatic carbocycles. The molecule has 2 rings (SSSR count). The molecule has 0 saturated heterocycles. The van der Waals surface area contributed by atoms with Crippen molar-refractivity contribution in [1.82, 2.24) is 5.32 Å². The summed E-state index contributed by atoms with van der Waals surface area (Å²) in [6.45, 7) is 1.76. The Balaban J connectivity index is 2.01. The molecule has 0 aliphatic heterocycles. The molecule has 0 aliphatic rings. The van der Waals surface area contributed by atoms with Crippen molar-refractivity contribution in [3.63, 3.8) is 0 Å². The van der Waals surface area contributed by atoms with E-state index in [9.17, 15) is 9.59 Å². The molecule has 0 aliphatic carbocycles. The number of hydrogen-bond acceptors (Lipinski definition) is 5. The number of carboxylic acids is 1. The molecule has 0 spiro atoms. The number of carbonyl (C=O) groups excluding carboxylic acids is 1. The number of hydrogen-bond donors (Lipinski definition) is 2. The molecule has 0 bridgehead atoms. The van der Waals surface area contributed by atoms with E-state index in [2.05, 4.69) is 5.32 Å². The van der Waals surface area contributed by atoms with Gasteiger partial charge in [-0.15, -0.1) is 11.3 Å². The molecule has 7 heteroatoms. The van der Waals surface area contributed by atoms with Crippen LogP contribution in [0.3, 0.4) is 0 Å². The maximum absolute atomic E-state index is 12.0. The molecule has 1 amide bonds. The number of aryl methyl sites for hydroxylation is 1. The average Bonchev–Trinajstić information content (AvgIpc) is 3.07. The van der Waals surface area contributed by atoms with Crippen LogP contribution in [-0.2, 0) is 9.53 Å². The fourth-order valence-corrected chi connectivity index (χ4v) is 2.59. The number of methoxy groups -OCH3 is 1. The molecule has 2 heterocycles. The predicted molar refractivity (Wildman–Crippen MR) is 77.5 cm³/mol. The van der Waals surface area contributed by atoms with Crippen molar-refractivity contribution in [3.8, 4) is 10.6 Å². The average molecular weight is 309 g/mol. The van der Waals surface area contributed by atoms with E-state index >= 15 is 0 Å². The standard InChI is InChI=1S/C14H15NO5S/c1-8-3-4-9(20-8)11-5-6-12(21-11)13(16)15-7-10(19-2)14(17)18/h3-6,10H,7H2,1-2H3,(H,15,16)(H,17,18). The van der Waals surface area contributed by atoms with Gasteiger partial charge in [-0.3, -0.25) is 4.79 Å². The Labute approximate surface area is 125 Å². The number of aliphatic carboxylic acids is 1. The number of carbonyl (C=O) groups is 2. The highest BCUT2D eigenvalue weighted by Gasteiger charge is 2.18. The third-order valence-electron chi connectivity index (χ3n) is 2.82. The van der Waals surface area contributed by atoms with Crippen molar-refractivity contribution >= 4 is 23.2 Å². The summed E-state index contributed by atoms with van der Waals surface area (Å²) in [5, 5.41) is 11.4. The number of ether oxygens (including phenoxy) is 1. The highest BCUT2D eigenvalue weighted by molar-refractivity contribution is 7.17. The minimum atomic E-state index is -1.12. The first-order valence-electron chi connectivity index (χ1n) is 6.21. The lowest BCUT2D eigenvalue weighted by molar-refractivity contribution is -0.148. The molecular weight excluding hydrogens is 294 g/mol. The molecule has 1 atom stereocenters. The van der Waals surface area contributed by atoms with E-state index in [4.69, 9.17) is 14.3 Å². The van der Waals surface area contributed by atoms with Crippen LogP contribution in [0.15, 0.2) is 28.7 Å². The van der Waals surface area contributed by atoms with Gasteiger partial charge in [0.15, 0.2) is 6.10 Å². The number of amides is 1. The van der Waals surface area contributed by atoms with Gasteiger partial charge in [-0.25, -0.2) is 4.79 Å². The van der Waals surface area contributed by atoms with Crippen molar-refractivity contribution in [2.24, 2.45) is 0 Å². The van der Waals surface area contributed by atoms with E-state index in [1.165, 1.54) is 18.4 Å². The number of carboxylic acid groups (broad SMARTS) is 1. The molecule has 21 heavy (non-hydrogen) atoms. The minimum Gasteiger partial charge on any atom is -0.479 e. The van der Waals surface area contributed by atoms with Crippen LogP contribution in [0.4, 0.5) is 0 Å². The van der Waals surface area contributed by atoms with Crippen LogP contribution in [0.25, 0.3) is 10.6 Å². The lowest BCUT2D eigenvalue weighted by Crippen LogP contribution is -2.37. The molecule has 112 valence electrons. The molecule has 2 aromatic heterocycles. The van der Waals surface area contributed by atoms with Crippen molar-refractivity contribution in [1.29, 1.82) is 0 Å². The normalized spacial score (nSPS) is 12.1. The fraction of sp³-hybridized carbons (Fsp3) is 0.286. The Morgan fingerprint density at radius 3 is 2.71 bits per heavy atom. The summed E-state index contributed by atoms with van der Waals surface area (Å²) < 4.78 is 10.2. The highest BCUT2D eigenvalue weighted by Crippen LogP contribution is 2.29. The molecule has 1 unspecified atom stereocenters. The topological polar surface area (TPSA) is 88.8 Å². The molecule has 6 nitrogen and oxygen atoms in total. The Morgan fingerprint density at radius 2 is 2.14 bits per heavy atom. The monoisotopic (exact) mass is 309 g/mol. The summed E-state index contributed by atoms with van der Waals surface area (Å²) in [5.74, 6) is 0.0548. The van der Waals surface area contributed by atoms with Crippen molar-refractivity contribution in [3.05, 3.63) is 34.9 Å². The van der Waals surface area contributed by atoms with Crippen LogP contribution >= 0.6 is 11.3 Å². The zero-order valence-corrected chi connectivity index (χ0v) is 12.4. The summed E-state index contributed by atoms with van der Waals surface area (Å²) in [6, 6.07) is 7.16. The van der Waals surface area contributed by atoms with Gasteiger partial charge in [0.1, 0.15) is 11.5 Å². The van der Waals surface area contributed by atoms with Crippen molar-refractivity contribution < 1.29 is 23.8 Å². The summed E-state index contributed by atoms with van der Waals surface area (Å²) in [5.41, 5.74) is 0. The number of furan rings is 1. The maximum atomic E-state index is 12.0.